The standard InChI is InChI=1S/C18H20N4S/c1-13(2)12-17(19-18(23)14-8-4-3-5-9-14)22-16-11-7-6-10-15(16)20-21-22/h3-11,13,17H,12H2,1-2H3,(H,19,23). The van der Waals surface area contributed by atoms with Crippen LogP contribution in [0, 0.1) is 5.92 Å². The third-order valence-corrected chi connectivity index (χ3v) is 4.05. The number of aromatic nitrogens is 3. The summed E-state index contributed by atoms with van der Waals surface area (Å²) < 4.78 is 1.94. The second kappa shape index (κ2) is 6.87. The lowest BCUT2D eigenvalue weighted by Crippen LogP contribution is -2.33. The van der Waals surface area contributed by atoms with Gasteiger partial charge in [-0.2, -0.15) is 0 Å². The fourth-order valence-electron chi connectivity index (χ4n) is 2.61. The molecule has 0 amide bonds. The van der Waals surface area contributed by atoms with Crippen molar-refractivity contribution in [1.29, 1.82) is 0 Å². The van der Waals surface area contributed by atoms with E-state index in [-0.39, 0.29) is 6.17 Å². The van der Waals surface area contributed by atoms with Crippen LogP contribution >= 0.6 is 12.2 Å². The van der Waals surface area contributed by atoms with E-state index in [9.17, 15) is 0 Å². The number of nitrogens with zero attached hydrogens (tertiary/aromatic N) is 3. The molecule has 1 unspecified atom stereocenters. The van der Waals surface area contributed by atoms with Gasteiger partial charge in [-0.3, -0.25) is 0 Å². The predicted molar refractivity (Wildman–Crippen MR) is 97.3 cm³/mol. The number of benzene rings is 2. The molecule has 0 aliphatic carbocycles. The Morgan fingerprint density at radius 1 is 1.09 bits per heavy atom. The summed E-state index contributed by atoms with van der Waals surface area (Å²) in [4.78, 5) is 0.732. The van der Waals surface area contributed by atoms with Gasteiger partial charge in [0.1, 0.15) is 16.7 Å². The van der Waals surface area contributed by atoms with Gasteiger partial charge in [-0.1, -0.05) is 73.7 Å². The molecule has 1 heterocycles. The SMILES string of the molecule is CC(C)CC(NC(=S)c1ccccc1)n1nnc2ccccc21. The first-order chi connectivity index (χ1) is 11.1. The van der Waals surface area contributed by atoms with E-state index in [2.05, 4.69) is 29.5 Å². The molecule has 1 N–H and O–H groups in total. The molecule has 0 saturated heterocycles. The zero-order valence-electron chi connectivity index (χ0n) is 13.3. The second-order valence-electron chi connectivity index (χ2n) is 6.01. The van der Waals surface area contributed by atoms with Crippen molar-refractivity contribution < 1.29 is 0 Å². The third kappa shape index (κ3) is 3.56. The summed E-state index contributed by atoms with van der Waals surface area (Å²) in [6.45, 7) is 4.39. The van der Waals surface area contributed by atoms with Gasteiger partial charge in [0, 0.05) is 5.56 Å². The van der Waals surface area contributed by atoms with E-state index in [1.165, 1.54) is 0 Å². The summed E-state index contributed by atoms with van der Waals surface area (Å²) in [5.74, 6) is 0.508. The lowest BCUT2D eigenvalue weighted by atomic mass is 10.1. The van der Waals surface area contributed by atoms with Crippen molar-refractivity contribution in [2.45, 2.75) is 26.4 Å². The van der Waals surface area contributed by atoms with Gasteiger partial charge >= 0.3 is 0 Å². The first-order valence-electron chi connectivity index (χ1n) is 7.81. The van der Waals surface area contributed by atoms with Crippen LogP contribution in [-0.4, -0.2) is 20.0 Å². The Morgan fingerprint density at radius 2 is 1.78 bits per heavy atom. The van der Waals surface area contributed by atoms with Crippen molar-refractivity contribution in [1.82, 2.24) is 20.3 Å². The number of para-hydroxylation sites is 1. The fraction of sp³-hybridized carbons (Fsp3) is 0.278. The molecule has 3 rings (SSSR count). The van der Waals surface area contributed by atoms with E-state index < -0.39 is 0 Å². The Balaban J connectivity index is 1.90. The van der Waals surface area contributed by atoms with Crippen LogP contribution in [0.4, 0.5) is 0 Å². The van der Waals surface area contributed by atoms with Crippen LogP contribution in [0.2, 0.25) is 0 Å². The molecule has 3 aromatic rings. The molecule has 0 radical (unpaired) electrons. The molecule has 0 aliphatic heterocycles. The molecule has 1 aromatic heterocycles. The van der Waals surface area contributed by atoms with Gasteiger partial charge in [0.25, 0.3) is 0 Å². The topological polar surface area (TPSA) is 42.7 Å². The fourth-order valence-corrected chi connectivity index (χ4v) is 2.88. The second-order valence-corrected chi connectivity index (χ2v) is 6.42. The van der Waals surface area contributed by atoms with E-state index in [0.29, 0.717) is 5.92 Å². The van der Waals surface area contributed by atoms with Gasteiger partial charge in [0.2, 0.25) is 0 Å². The summed E-state index contributed by atoms with van der Waals surface area (Å²) in [5, 5.41) is 12.0. The van der Waals surface area contributed by atoms with E-state index in [1.807, 2.05) is 59.3 Å². The number of fused-ring (bicyclic) bond motifs is 1. The minimum atomic E-state index is -0.0184. The highest BCUT2D eigenvalue weighted by Gasteiger charge is 2.18. The summed E-state index contributed by atoms with van der Waals surface area (Å²) in [7, 11) is 0. The molecule has 0 bridgehead atoms. The minimum absolute atomic E-state index is 0.0184. The van der Waals surface area contributed by atoms with E-state index >= 15 is 0 Å². The quantitative estimate of drug-likeness (QED) is 0.722. The molecule has 2 aromatic carbocycles. The predicted octanol–water partition coefficient (Wildman–Crippen LogP) is 3.94. The van der Waals surface area contributed by atoms with Crippen LogP contribution in [-0.2, 0) is 0 Å². The molecular weight excluding hydrogens is 304 g/mol. The summed E-state index contributed by atoms with van der Waals surface area (Å²) in [6.07, 6.45) is 0.899. The maximum Gasteiger partial charge on any atom is 0.123 e. The zero-order chi connectivity index (χ0) is 16.2. The molecule has 0 aliphatic rings. The number of hydrogen-bond acceptors (Lipinski definition) is 3. The lowest BCUT2D eigenvalue weighted by molar-refractivity contribution is 0.354. The van der Waals surface area contributed by atoms with Crippen molar-refractivity contribution in [2.24, 2.45) is 5.92 Å². The molecule has 23 heavy (non-hydrogen) atoms. The highest BCUT2D eigenvalue weighted by atomic mass is 32.1. The van der Waals surface area contributed by atoms with Crippen LogP contribution in [0.1, 0.15) is 32.0 Å². The first-order valence-corrected chi connectivity index (χ1v) is 8.22. The van der Waals surface area contributed by atoms with Crippen molar-refractivity contribution in [3.63, 3.8) is 0 Å². The molecule has 5 heteroatoms. The highest BCUT2D eigenvalue weighted by molar-refractivity contribution is 7.80. The zero-order valence-corrected chi connectivity index (χ0v) is 14.1. The van der Waals surface area contributed by atoms with Gasteiger partial charge < -0.3 is 5.32 Å². The van der Waals surface area contributed by atoms with Crippen LogP contribution in [0.5, 0.6) is 0 Å². The Morgan fingerprint density at radius 3 is 2.52 bits per heavy atom. The van der Waals surface area contributed by atoms with Crippen LogP contribution in [0.15, 0.2) is 54.6 Å². The Bertz CT molecular complexity index is 795. The van der Waals surface area contributed by atoms with Gasteiger partial charge in [-0.25, -0.2) is 4.68 Å². The molecule has 4 nitrogen and oxygen atoms in total. The Labute approximate surface area is 141 Å². The Hall–Kier alpha value is -2.27. The highest BCUT2D eigenvalue weighted by Crippen LogP contribution is 2.20. The smallest absolute Gasteiger partial charge is 0.123 e. The first kappa shape index (κ1) is 15.6. The van der Waals surface area contributed by atoms with Crippen LogP contribution in [0.25, 0.3) is 11.0 Å². The lowest BCUT2D eigenvalue weighted by Gasteiger charge is -2.22. The maximum atomic E-state index is 5.57. The van der Waals surface area contributed by atoms with Crippen molar-refractivity contribution in [2.75, 3.05) is 0 Å². The van der Waals surface area contributed by atoms with E-state index in [1.54, 1.807) is 0 Å². The third-order valence-electron chi connectivity index (χ3n) is 3.70. The van der Waals surface area contributed by atoms with Crippen LogP contribution in [0.3, 0.4) is 0 Å². The van der Waals surface area contributed by atoms with Gasteiger partial charge in [0.15, 0.2) is 0 Å². The summed E-state index contributed by atoms with van der Waals surface area (Å²) in [5.41, 5.74) is 2.93. The van der Waals surface area contributed by atoms with Gasteiger partial charge in [-0.05, 0) is 24.5 Å². The summed E-state index contributed by atoms with van der Waals surface area (Å²) >= 11 is 5.57. The monoisotopic (exact) mass is 324 g/mol. The van der Waals surface area contributed by atoms with Crippen LogP contribution < -0.4 is 5.32 Å². The maximum absolute atomic E-state index is 5.57. The average molecular weight is 324 g/mol. The van der Waals surface area contributed by atoms with E-state index in [0.717, 1.165) is 28.0 Å². The largest absolute Gasteiger partial charge is 0.354 e. The van der Waals surface area contributed by atoms with Gasteiger partial charge in [-0.15, -0.1) is 5.10 Å². The van der Waals surface area contributed by atoms with Crippen molar-refractivity contribution >= 4 is 28.2 Å². The average Bonchev–Trinajstić information content (AvgIpc) is 2.98. The normalized spacial score (nSPS) is 12.5. The molecule has 1 atom stereocenters. The molecule has 118 valence electrons. The number of thiocarbonyl (C=S) groups is 1. The molecular formula is C18H20N4S. The Kier molecular flexibility index (Phi) is 4.67. The number of hydrogen-bond donors (Lipinski definition) is 1. The molecule has 0 saturated carbocycles. The van der Waals surface area contributed by atoms with E-state index in [4.69, 9.17) is 12.2 Å². The van der Waals surface area contributed by atoms with Crippen molar-refractivity contribution in [3.8, 4) is 0 Å². The molecule has 0 fully saturated rings. The number of rotatable bonds is 5. The van der Waals surface area contributed by atoms with Crippen molar-refractivity contribution in [3.05, 3.63) is 60.2 Å². The minimum Gasteiger partial charge on any atom is -0.354 e. The summed E-state index contributed by atoms with van der Waals surface area (Å²) in [6, 6.07) is 18.0. The molecule has 0 spiro atoms. The van der Waals surface area contributed by atoms with Gasteiger partial charge in [0.05, 0.1) is 5.52 Å². The number of nitrogens with one attached hydrogen (secondary N) is 1.